The van der Waals surface area contributed by atoms with Crippen molar-refractivity contribution in [3.63, 3.8) is 0 Å². The number of hydrogen-bond acceptors (Lipinski definition) is 3. The molecule has 2 rings (SSSR count). The number of carbonyl (C=O) groups excluding carboxylic acids is 1. The summed E-state index contributed by atoms with van der Waals surface area (Å²) in [5.74, 6) is -0.145. The fraction of sp³-hybridized carbons (Fsp3) is 0.462. The summed E-state index contributed by atoms with van der Waals surface area (Å²) >= 11 is 1.81. The number of carbonyl (C=O) groups is 1. The molecule has 1 amide bonds. The van der Waals surface area contributed by atoms with Crippen molar-refractivity contribution < 1.29 is 9.90 Å². The molecule has 1 fully saturated rings. The van der Waals surface area contributed by atoms with Gasteiger partial charge in [0, 0.05) is 11.3 Å². The quantitative estimate of drug-likeness (QED) is 0.863. The second-order valence-corrected chi connectivity index (χ2v) is 5.86. The van der Waals surface area contributed by atoms with Gasteiger partial charge in [0.05, 0.1) is 5.56 Å². The molecule has 1 aliphatic carbocycles. The van der Waals surface area contributed by atoms with Gasteiger partial charge in [-0.3, -0.25) is 4.79 Å². The SMILES string of the molecule is CSC1(CNC(=O)c2cc(C)ccc2O)CC1. The second-order valence-electron chi connectivity index (χ2n) is 4.59. The minimum absolute atomic E-state index is 0.0436. The third-order valence-electron chi connectivity index (χ3n) is 3.21. The van der Waals surface area contributed by atoms with Crippen LogP contribution in [0.2, 0.25) is 0 Å². The Bertz CT molecular complexity index is 441. The second kappa shape index (κ2) is 4.61. The summed E-state index contributed by atoms with van der Waals surface area (Å²) in [7, 11) is 0. The van der Waals surface area contributed by atoms with Crippen molar-refractivity contribution in [1.82, 2.24) is 5.32 Å². The number of hydrogen-bond donors (Lipinski definition) is 2. The minimum Gasteiger partial charge on any atom is -0.507 e. The van der Waals surface area contributed by atoms with E-state index in [2.05, 4.69) is 11.6 Å². The van der Waals surface area contributed by atoms with E-state index in [9.17, 15) is 9.90 Å². The third-order valence-corrected chi connectivity index (χ3v) is 4.63. The number of thioether (sulfide) groups is 1. The van der Waals surface area contributed by atoms with Crippen molar-refractivity contribution in [3.8, 4) is 5.75 Å². The number of phenols is 1. The van der Waals surface area contributed by atoms with Crippen LogP contribution in [0.4, 0.5) is 0 Å². The van der Waals surface area contributed by atoms with E-state index in [1.807, 2.05) is 6.92 Å². The molecule has 0 spiro atoms. The van der Waals surface area contributed by atoms with Crippen molar-refractivity contribution in [2.45, 2.75) is 24.5 Å². The Hall–Kier alpha value is -1.16. The lowest BCUT2D eigenvalue weighted by Crippen LogP contribution is -2.31. The molecule has 0 heterocycles. The Morgan fingerprint density at radius 1 is 1.53 bits per heavy atom. The molecule has 0 bridgehead atoms. The van der Waals surface area contributed by atoms with Gasteiger partial charge in [-0.15, -0.1) is 0 Å². The topological polar surface area (TPSA) is 49.3 Å². The summed E-state index contributed by atoms with van der Waals surface area (Å²) < 4.78 is 0.245. The number of aryl methyl sites for hydroxylation is 1. The Balaban J connectivity index is 2.02. The van der Waals surface area contributed by atoms with Gasteiger partial charge in [0.1, 0.15) is 5.75 Å². The van der Waals surface area contributed by atoms with Crippen LogP contribution in [0, 0.1) is 6.92 Å². The maximum atomic E-state index is 11.9. The van der Waals surface area contributed by atoms with Crippen molar-refractivity contribution in [2.24, 2.45) is 0 Å². The summed E-state index contributed by atoms with van der Waals surface area (Å²) in [6.45, 7) is 2.58. The zero-order valence-electron chi connectivity index (χ0n) is 10.1. The van der Waals surface area contributed by atoms with Crippen LogP contribution in [-0.2, 0) is 0 Å². The molecule has 1 aromatic carbocycles. The zero-order chi connectivity index (χ0) is 12.5. The molecule has 4 heteroatoms. The van der Waals surface area contributed by atoms with E-state index in [1.54, 1.807) is 30.0 Å². The van der Waals surface area contributed by atoms with Crippen LogP contribution in [0.1, 0.15) is 28.8 Å². The van der Waals surface area contributed by atoms with E-state index in [1.165, 1.54) is 0 Å². The Morgan fingerprint density at radius 2 is 2.24 bits per heavy atom. The zero-order valence-corrected chi connectivity index (χ0v) is 10.9. The van der Waals surface area contributed by atoms with Crippen LogP contribution in [0.25, 0.3) is 0 Å². The highest BCUT2D eigenvalue weighted by atomic mass is 32.2. The van der Waals surface area contributed by atoms with E-state index < -0.39 is 0 Å². The average molecular weight is 251 g/mol. The first-order valence-corrected chi connectivity index (χ1v) is 6.92. The summed E-state index contributed by atoms with van der Waals surface area (Å²) in [6, 6.07) is 5.06. The van der Waals surface area contributed by atoms with Gasteiger partial charge in [-0.1, -0.05) is 11.6 Å². The molecule has 0 aromatic heterocycles. The standard InChI is InChI=1S/C13H17NO2S/c1-9-3-4-11(15)10(7-9)12(16)14-8-13(17-2)5-6-13/h3-4,7,15H,5-6,8H2,1-2H3,(H,14,16). The van der Waals surface area contributed by atoms with Gasteiger partial charge in [-0.05, 0) is 38.2 Å². The maximum absolute atomic E-state index is 11.9. The van der Waals surface area contributed by atoms with E-state index in [-0.39, 0.29) is 16.4 Å². The van der Waals surface area contributed by atoms with Crippen LogP contribution < -0.4 is 5.32 Å². The Kier molecular flexibility index (Phi) is 3.33. The van der Waals surface area contributed by atoms with Gasteiger partial charge in [-0.2, -0.15) is 11.8 Å². The van der Waals surface area contributed by atoms with Crippen LogP contribution >= 0.6 is 11.8 Å². The van der Waals surface area contributed by atoms with E-state index in [0.717, 1.165) is 18.4 Å². The molecule has 0 unspecified atom stereocenters. The number of benzene rings is 1. The van der Waals surface area contributed by atoms with Gasteiger partial charge in [0.15, 0.2) is 0 Å². The number of amides is 1. The smallest absolute Gasteiger partial charge is 0.255 e. The summed E-state index contributed by atoms with van der Waals surface area (Å²) in [5, 5.41) is 12.5. The van der Waals surface area contributed by atoms with E-state index >= 15 is 0 Å². The first-order valence-electron chi connectivity index (χ1n) is 5.69. The van der Waals surface area contributed by atoms with Gasteiger partial charge < -0.3 is 10.4 Å². The van der Waals surface area contributed by atoms with Gasteiger partial charge in [0.2, 0.25) is 0 Å². The molecule has 1 aliphatic rings. The van der Waals surface area contributed by atoms with Crippen LogP contribution in [0.5, 0.6) is 5.75 Å². The molecular formula is C13H17NO2S. The van der Waals surface area contributed by atoms with Crippen molar-refractivity contribution >= 4 is 17.7 Å². The van der Waals surface area contributed by atoms with Gasteiger partial charge in [0.25, 0.3) is 5.91 Å². The molecule has 0 radical (unpaired) electrons. The lowest BCUT2D eigenvalue weighted by molar-refractivity contribution is 0.0950. The number of aromatic hydroxyl groups is 1. The molecule has 2 N–H and O–H groups in total. The minimum atomic E-state index is -0.188. The number of nitrogens with one attached hydrogen (secondary N) is 1. The van der Waals surface area contributed by atoms with Crippen molar-refractivity contribution in [1.29, 1.82) is 0 Å². The molecule has 1 aromatic rings. The van der Waals surface area contributed by atoms with Crippen LogP contribution in [0.3, 0.4) is 0 Å². The average Bonchev–Trinajstić information content (AvgIpc) is 3.10. The predicted molar refractivity (Wildman–Crippen MR) is 70.7 cm³/mol. The van der Waals surface area contributed by atoms with Crippen LogP contribution in [0.15, 0.2) is 18.2 Å². The first kappa shape index (κ1) is 12.3. The summed E-state index contributed by atoms with van der Waals surface area (Å²) in [4.78, 5) is 11.9. The molecule has 92 valence electrons. The number of rotatable bonds is 4. The Labute approximate surface area is 106 Å². The Morgan fingerprint density at radius 3 is 2.82 bits per heavy atom. The fourth-order valence-corrected chi connectivity index (χ4v) is 2.49. The third kappa shape index (κ3) is 2.75. The number of phenolic OH excluding ortho intramolecular Hbond substituents is 1. The predicted octanol–water partition coefficient (Wildman–Crippen LogP) is 2.33. The van der Waals surface area contributed by atoms with Crippen molar-refractivity contribution in [3.05, 3.63) is 29.3 Å². The monoisotopic (exact) mass is 251 g/mol. The molecule has 3 nitrogen and oxygen atoms in total. The van der Waals surface area contributed by atoms with E-state index in [0.29, 0.717) is 12.1 Å². The molecule has 0 atom stereocenters. The largest absolute Gasteiger partial charge is 0.507 e. The maximum Gasteiger partial charge on any atom is 0.255 e. The van der Waals surface area contributed by atoms with Crippen molar-refractivity contribution in [2.75, 3.05) is 12.8 Å². The fourth-order valence-electron chi connectivity index (χ4n) is 1.76. The van der Waals surface area contributed by atoms with Gasteiger partial charge in [-0.25, -0.2) is 0 Å². The highest BCUT2D eigenvalue weighted by molar-refractivity contribution is 8.00. The van der Waals surface area contributed by atoms with Gasteiger partial charge >= 0.3 is 0 Å². The van der Waals surface area contributed by atoms with Crippen LogP contribution in [-0.4, -0.2) is 28.6 Å². The summed E-state index contributed by atoms with van der Waals surface area (Å²) in [6.07, 6.45) is 4.39. The molecule has 17 heavy (non-hydrogen) atoms. The molecular weight excluding hydrogens is 234 g/mol. The van der Waals surface area contributed by atoms with E-state index in [4.69, 9.17) is 0 Å². The lowest BCUT2D eigenvalue weighted by Gasteiger charge is -2.13. The molecule has 0 aliphatic heterocycles. The lowest BCUT2D eigenvalue weighted by atomic mass is 10.1. The highest BCUT2D eigenvalue weighted by Gasteiger charge is 2.42. The first-order chi connectivity index (χ1) is 8.06. The molecule has 1 saturated carbocycles. The highest BCUT2D eigenvalue weighted by Crippen LogP contribution is 2.46. The normalized spacial score (nSPS) is 16.6. The summed E-state index contributed by atoms with van der Waals surface area (Å²) in [5.41, 5.74) is 1.33. The molecule has 0 saturated heterocycles.